The number of aliphatic hydroxyl groups excluding tert-OH is 1. The van der Waals surface area contributed by atoms with E-state index < -0.39 is 0 Å². The van der Waals surface area contributed by atoms with E-state index in [1.807, 2.05) is 24.3 Å². The van der Waals surface area contributed by atoms with E-state index in [0.29, 0.717) is 36.0 Å². The molecule has 11 nitrogen and oxygen atoms in total. The topological polar surface area (TPSA) is 123 Å². The Morgan fingerprint density at radius 1 is 0.889 bits per heavy atom. The molecule has 3 aromatic carbocycles. The second-order valence-electron chi connectivity index (χ2n) is 11.8. The maximum absolute atomic E-state index is 12.7. The highest BCUT2D eigenvalue weighted by molar-refractivity contribution is 6.00. The number of amides is 3. The van der Waals surface area contributed by atoms with Gasteiger partial charge in [0.05, 0.1) is 24.8 Å². The number of anilines is 3. The van der Waals surface area contributed by atoms with Crippen LogP contribution >= 0.6 is 0 Å². The van der Waals surface area contributed by atoms with Crippen molar-refractivity contribution in [2.45, 2.75) is 25.5 Å². The number of piperidine rings is 1. The summed E-state index contributed by atoms with van der Waals surface area (Å²) in [4.78, 5) is 40.9. The van der Waals surface area contributed by atoms with E-state index in [-0.39, 0.29) is 18.0 Å². The minimum atomic E-state index is -0.387. The van der Waals surface area contributed by atoms with Crippen LogP contribution in [0.2, 0.25) is 0 Å². The summed E-state index contributed by atoms with van der Waals surface area (Å²) in [6, 6.07) is 20.3. The second kappa shape index (κ2) is 13.6. The maximum Gasteiger partial charge on any atom is 0.323 e. The molecule has 4 aromatic rings. The summed E-state index contributed by atoms with van der Waals surface area (Å²) in [6.45, 7) is 5.41. The van der Waals surface area contributed by atoms with Crippen LogP contribution in [0.1, 0.15) is 28.8 Å². The highest BCUT2D eigenvalue weighted by atomic mass is 16.5. The molecule has 0 unspecified atom stereocenters. The molecule has 2 aliphatic rings. The molecular weight excluding hydrogens is 570 g/mol. The largest absolute Gasteiger partial charge is 0.393 e. The Morgan fingerprint density at radius 3 is 2.18 bits per heavy atom. The molecule has 2 fully saturated rings. The lowest BCUT2D eigenvalue weighted by atomic mass is 10.1. The van der Waals surface area contributed by atoms with Crippen molar-refractivity contribution < 1.29 is 19.4 Å². The van der Waals surface area contributed by atoms with Gasteiger partial charge in [-0.3, -0.25) is 9.69 Å². The lowest BCUT2D eigenvalue weighted by Gasteiger charge is -2.30. The van der Waals surface area contributed by atoms with Crippen LogP contribution in [0.5, 0.6) is 0 Å². The Bertz CT molecular complexity index is 1650. The monoisotopic (exact) mass is 609 g/mol. The summed E-state index contributed by atoms with van der Waals surface area (Å²) >= 11 is 0. The van der Waals surface area contributed by atoms with Gasteiger partial charge in [0.15, 0.2) is 5.82 Å². The Labute approximate surface area is 262 Å². The van der Waals surface area contributed by atoms with Crippen molar-refractivity contribution in [3.8, 4) is 11.4 Å². The van der Waals surface area contributed by atoms with Crippen LogP contribution in [0.3, 0.4) is 0 Å². The van der Waals surface area contributed by atoms with Gasteiger partial charge in [0.2, 0.25) is 0 Å². The van der Waals surface area contributed by atoms with Gasteiger partial charge in [-0.25, -0.2) is 14.8 Å². The number of carbonyl (C=O) groups excluding carboxylic acids is 2. The van der Waals surface area contributed by atoms with E-state index in [1.165, 1.54) is 10.5 Å². The van der Waals surface area contributed by atoms with Crippen molar-refractivity contribution in [3.05, 3.63) is 77.9 Å². The zero-order valence-corrected chi connectivity index (χ0v) is 25.7. The second-order valence-corrected chi connectivity index (χ2v) is 11.8. The van der Waals surface area contributed by atoms with Crippen LogP contribution in [-0.2, 0) is 11.3 Å². The number of ether oxygens (including phenoxy) is 1. The van der Waals surface area contributed by atoms with E-state index in [2.05, 4.69) is 38.6 Å². The number of fused-ring (bicyclic) bond motifs is 1. The van der Waals surface area contributed by atoms with Gasteiger partial charge in [-0.15, -0.1) is 0 Å². The van der Waals surface area contributed by atoms with E-state index in [4.69, 9.17) is 14.7 Å². The highest BCUT2D eigenvalue weighted by Crippen LogP contribution is 2.30. The zero-order chi connectivity index (χ0) is 31.3. The summed E-state index contributed by atoms with van der Waals surface area (Å²) in [7, 11) is 3.40. The summed E-state index contributed by atoms with van der Waals surface area (Å²) in [6.07, 6.45) is 1.42. The van der Waals surface area contributed by atoms with Crippen LogP contribution < -0.4 is 15.5 Å². The third-order valence-electron chi connectivity index (χ3n) is 8.21. The van der Waals surface area contributed by atoms with Crippen molar-refractivity contribution >= 4 is 40.0 Å². The molecule has 0 radical (unpaired) electrons. The molecule has 0 atom stereocenters. The molecule has 3 heterocycles. The average Bonchev–Trinajstić information content (AvgIpc) is 3.06. The molecule has 0 saturated carbocycles. The van der Waals surface area contributed by atoms with Crippen LogP contribution in [0.4, 0.5) is 22.0 Å². The number of nitrogens with zero attached hydrogens (tertiary/aromatic N) is 5. The fourth-order valence-corrected chi connectivity index (χ4v) is 5.69. The van der Waals surface area contributed by atoms with E-state index in [0.717, 1.165) is 67.8 Å². The van der Waals surface area contributed by atoms with Crippen molar-refractivity contribution in [2.75, 3.05) is 69.0 Å². The van der Waals surface area contributed by atoms with Crippen LogP contribution in [0.15, 0.2) is 66.7 Å². The van der Waals surface area contributed by atoms with Gasteiger partial charge in [-0.05, 0) is 79.1 Å². The third-order valence-corrected chi connectivity index (χ3v) is 8.21. The summed E-state index contributed by atoms with van der Waals surface area (Å²) < 4.78 is 5.60. The number of aromatic nitrogens is 2. The standard InChI is InChI=1S/C34H39N7O4/c1-39(2)33(43)25-6-10-27(11-7-25)36-34(44)35-26-8-4-24(5-9-26)31-37-30-21-23(22-40-15-13-28(42)14-16-40)3-12-29(30)32(38-31)41-17-19-45-20-18-41/h3-12,21,28,42H,13-20,22H2,1-2H3,(H2,35,36,44). The van der Waals surface area contributed by atoms with Crippen molar-refractivity contribution in [1.29, 1.82) is 0 Å². The number of morpholine rings is 1. The van der Waals surface area contributed by atoms with Crippen molar-refractivity contribution in [2.24, 2.45) is 0 Å². The van der Waals surface area contributed by atoms with Crippen LogP contribution in [0, 0.1) is 0 Å². The third kappa shape index (κ3) is 7.39. The first-order valence-corrected chi connectivity index (χ1v) is 15.4. The highest BCUT2D eigenvalue weighted by Gasteiger charge is 2.20. The normalized spacial score (nSPS) is 16.0. The number of hydrogen-bond acceptors (Lipinski definition) is 8. The lowest BCUT2D eigenvalue weighted by molar-refractivity contribution is 0.0792. The first-order valence-electron chi connectivity index (χ1n) is 15.4. The predicted molar refractivity (Wildman–Crippen MR) is 176 cm³/mol. The molecule has 0 aliphatic carbocycles. The fourth-order valence-electron chi connectivity index (χ4n) is 5.69. The van der Waals surface area contributed by atoms with Crippen LogP contribution in [-0.4, -0.2) is 96.4 Å². The van der Waals surface area contributed by atoms with Crippen LogP contribution in [0.25, 0.3) is 22.3 Å². The van der Waals surface area contributed by atoms with Crippen molar-refractivity contribution in [3.63, 3.8) is 0 Å². The molecule has 0 bridgehead atoms. The Kier molecular flexibility index (Phi) is 9.20. The zero-order valence-electron chi connectivity index (χ0n) is 25.7. The van der Waals surface area contributed by atoms with E-state index in [9.17, 15) is 14.7 Å². The van der Waals surface area contributed by atoms with Gasteiger partial charge < -0.3 is 30.3 Å². The lowest BCUT2D eigenvalue weighted by Crippen LogP contribution is -2.37. The van der Waals surface area contributed by atoms with Gasteiger partial charge in [-0.2, -0.15) is 0 Å². The number of urea groups is 1. The van der Waals surface area contributed by atoms with Gasteiger partial charge >= 0.3 is 6.03 Å². The Hall–Kier alpha value is -4.58. The summed E-state index contributed by atoms with van der Waals surface area (Å²) in [5, 5.41) is 16.6. The minimum Gasteiger partial charge on any atom is -0.393 e. The Balaban J connectivity index is 1.19. The number of aliphatic hydroxyl groups is 1. The quantitative estimate of drug-likeness (QED) is 0.281. The van der Waals surface area contributed by atoms with Gasteiger partial charge in [-0.1, -0.05) is 6.07 Å². The summed E-state index contributed by atoms with van der Waals surface area (Å²) in [5.74, 6) is 1.41. The van der Waals surface area contributed by atoms with E-state index in [1.54, 1.807) is 38.4 Å². The molecule has 2 aliphatic heterocycles. The first-order chi connectivity index (χ1) is 21.8. The molecular formula is C34H39N7O4. The average molecular weight is 610 g/mol. The number of rotatable bonds is 7. The van der Waals surface area contributed by atoms with E-state index >= 15 is 0 Å². The molecule has 45 heavy (non-hydrogen) atoms. The SMILES string of the molecule is CN(C)C(=O)c1ccc(NC(=O)Nc2ccc(-c3nc(N4CCOCC4)c4ccc(CN5CCC(O)CC5)cc4n3)cc2)cc1. The smallest absolute Gasteiger partial charge is 0.323 e. The molecule has 0 spiro atoms. The van der Waals surface area contributed by atoms with Crippen molar-refractivity contribution in [1.82, 2.24) is 19.8 Å². The Morgan fingerprint density at radius 2 is 1.53 bits per heavy atom. The first kappa shape index (κ1) is 30.4. The number of benzene rings is 3. The molecule has 11 heteroatoms. The number of carbonyl (C=O) groups is 2. The predicted octanol–water partition coefficient (Wildman–Crippen LogP) is 4.44. The molecule has 1 aromatic heterocycles. The van der Waals surface area contributed by atoms with Gasteiger partial charge in [0.1, 0.15) is 5.82 Å². The molecule has 234 valence electrons. The number of nitrogens with one attached hydrogen (secondary N) is 2. The molecule has 2 saturated heterocycles. The summed E-state index contributed by atoms with van der Waals surface area (Å²) in [5.41, 5.74) is 4.66. The molecule has 3 amide bonds. The van der Waals surface area contributed by atoms with Gasteiger partial charge in [0, 0.05) is 74.7 Å². The maximum atomic E-state index is 12.7. The molecule has 6 rings (SSSR count). The van der Waals surface area contributed by atoms with Gasteiger partial charge in [0.25, 0.3) is 5.91 Å². The fraction of sp³-hybridized carbons (Fsp3) is 0.353. The number of likely N-dealkylation sites (tertiary alicyclic amines) is 1. The molecule has 3 N–H and O–H groups in total. The minimum absolute atomic E-state index is 0.0991. The number of hydrogen-bond donors (Lipinski definition) is 3.